The van der Waals surface area contributed by atoms with Gasteiger partial charge in [-0.25, -0.2) is 0 Å². The van der Waals surface area contributed by atoms with E-state index in [-0.39, 0.29) is 5.92 Å². The van der Waals surface area contributed by atoms with Gasteiger partial charge in [0.1, 0.15) is 23.5 Å². The maximum atomic E-state index is 11.8. The summed E-state index contributed by atoms with van der Waals surface area (Å²) in [5, 5.41) is 13.1. The van der Waals surface area contributed by atoms with Crippen LogP contribution in [-0.4, -0.2) is 29.5 Å². The van der Waals surface area contributed by atoms with Crippen LogP contribution in [-0.2, 0) is 11.3 Å². The topological polar surface area (TPSA) is 82.8 Å². The lowest BCUT2D eigenvalue weighted by Gasteiger charge is -2.46. The zero-order chi connectivity index (χ0) is 20.7. The van der Waals surface area contributed by atoms with Crippen LogP contribution >= 0.6 is 11.6 Å². The van der Waals surface area contributed by atoms with Crippen LogP contribution in [0.4, 0.5) is 5.69 Å². The quantitative estimate of drug-likeness (QED) is 0.723. The molecule has 5 rings (SSSR count). The van der Waals surface area contributed by atoms with Gasteiger partial charge in [-0.2, -0.15) is 5.10 Å². The number of aromatic nitrogens is 1. The van der Waals surface area contributed by atoms with Crippen molar-refractivity contribution in [2.75, 3.05) is 11.4 Å². The van der Waals surface area contributed by atoms with Gasteiger partial charge in [-0.05, 0) is 56.4 Å². The van der Waals surface area contributed by atoms with Gasteiger partial charge in [0, 0.05) is 41.6 Å². The molecule has 1 fully saturated rings. The molecular formula is C22H26ClN5O2. The molecule has 7 nitrogen and oxygen atoms in total. The standard InChI is InChI=1S/C22H26ClN5O2/c1-14-10-19(26-30-14)15-2-4-17(5-3-15)22(8-9-29)27-25-21-13-24-12-16-11-18(23)6-7-20(16)28(21)22/h6-7,9-11,15,17,24,27H,2-5,8,12-13H2,1H3. The lowest BCUT2D eigenvalue weighted by Crippen LogP contribution is -2.61. The van der Waals surface area contributed by atoms with Gasteiger partial charge in [0.05, 0.1) is 12.2 Å². The summed E-state index contributed by atoms with van der Waals surface area (Å²) in [6.07, 6.45) is 5.43. The Morgan fingerprint density at radius 3 is 2.83 bits per heavy atom. The summed E-state index contributed by atoms with van der Waals surface area (Å²) in [4.78, 5) is 14.1. The summed E-state index contributed by atoms with van der Waals surface area (Å²) in [7, 11) is 0. The molecule has 0 bridgehead atoms. The number of rotatable bonds is 4. The van der Waals surface area contributed by atoms with Crippen molar-refractivity contribution in [3.63, 3.8) is 0 Å². The van der Waals surface area contributed by atoms with Gasteiger partial charge in [0.25, 0.3) is 0 Å². The summed E-state index contributed by atoms with van der Waals surface area (Å²) in [5.74, 6) is 2.47. The van der Waals surface area contributed by atoms with E-state index in [2.05, 4.69) is 32.0 Å². The number of halogens is 1. The van der Waals surface area contributed by atoms with E-state index in [9.17, 15) is 4.79 Å². The Morgan fingerprint density at radius 1 is 1.27 bits per heavy atom. The van der Waals surface area contributed by atoms with Crippen molar-refractivity contribution in [1.29, 1.82) is 0 Å². The van der Waals surface area contributed by atoms with E-state index in [0.717, 1.165) is 67.1 Å². The Morgan fingerprint density at radius 2 is 2.10 bits per heavy atom. The lowest BCUT2D eigenvalue weighted by molar-refractivity contribution is -0.109. The van der Waals surface area contributed by atoms with Crippen LogP contribution in [0.1, 0.15) is 55.0 Å². The molecule has 1 aromatic heterocycles. The Labute approximate surface area is 180 Å². The number of hydrogen-bond donors (Lipinski definition) is 2. The van der Waals surface area contributed by atoms with Gasteiger partial charge in [-0.3, -0.25) is 5.43 Å². The number of fused-ring (bicyclic) bond motifs is 3. The number of hydrazone groups is 1. The minimum absolute atomic E-state index is 0.287. The Balaban J connectivity index is 1.46. The lowest BCUT2D eigenvalue weighted by atomic mass is 9.73. The zero-order valence-corrected chi connectivity index (χ0v) is 17.8. The first-order valence-electron chi connectivity index (χ1n) is 10.6. The summed E-state index contributed by atoms with van der Waals surface area (Å²) in [5.41, 5.74) is 6.10. The average molecular weight is 428 g/mol. The SMILES string of the molecule is Cc1cc(C2CCC(C3(CC=O)NN=C4CNCc5cc(Cl)ccc5N43)CC2)no1. The third-order valence-electron chi connectivity index (χ3n) is 6.78. The number of nitrogens with one attached hydrogen (secondary N) is 2. The van der Waals surface area contributed by atoms with Crippen LogP contribution in [0, 0.1) is 12.8 Å². The molecule has 8 heteroatoms. The van der Waals surface area contributed by atoms with E-state index < -0.39 is 5.66 Å². The van der Waals surface area contributed by atoms with E-state index in [1.807, 2.05) is 25.1 Å². The van der Waals surface area contributed by atoms with Gasteiger partial charge in [0.15, 0.2) is 0 Å². The van der Waals surface area contributed by atoms with Crippen molar-refractivity contribution in [3.8, 4) is 0 Å². The summed E-state index contributed by atoms with van der Waals surface area (Å²) < 4.78 is 5.28. The zero-order valence-electron chi connectivity index (χ0n) is 17.0. The molecule has 1 atom stereocenters. The third-order valence-corrected chi connectivity index (χ3v) is 7.01. The number of benzene rings is 1. The largest absolute Gasteiger partial charge is 0.361 e. The molecule has 3 aliphatic rings. The Kier molecular flexibility index (Phi) is 5.03. The predicted molar refractivity (Wildman–Crippen MR) is 116 cm³/mol. The Bertz CT molecular complexity index is 982. The van der Waals surface area contributed by atoms with Crippen LogP contribution in [0.2, 0.25) is 5.02 Å². The normalized spacial score (nSPS) is 28.2. The van der Waals surface area contributed by atoms with Crippen LogP contribution in [0.3, 0.4) is 0 Å². The summed E-state index contributed by atoms with van der Waals surface area (Å²) >= 11 is 6.27. The molecule has 0 saturated heterocycles. The summed E-state index contributed by atoms with van der Waals surface area (Å²) in [6.45, 7) is 3.30. The molecule has 0 spiro atoms. The van der Waals surface area contributed by atoms with Crippen molar-refractivity contribution in [2.45, 2.75) is 57.2 Å². The molecule has 2 aliphatic heterocycles. The van der Waals surface area contributed by atoms with Gasteiger partial charge < -0.3 is 19.5 Å². The van der Waals surface area contributed by atoms with E-state index >= 15 is 0 Å². The molecule has 1 aromatic carbocycles. The highest BCUT2D eigenvalue weighted by molar-refractivity contribution is 6.30. The van der Waals surface area contributed by atoms with Gasteiger partial charge in [-0.15, -0.1) is 0 Å². The minimum Gasteiger partial charge on any atom is -0.361 e. The second-order valence-electron chi connectivity index (χ2n) is 8.56. The average Bonchev–Trinajstić information content (AvgIpc) is 3.28. The van der Waals surface area contributed by atoms with Crippen molar-refractivity contribution < 1.29 is 9.32 Å². The number of carbonyl (C=O) groups is 1. The molecule has 1 aliphatic carbocycles. The molecule has 0 radical (unpaired) electrons. The van der Waals surface area contributed by atoms with Crippen molar-refractivity contribution >= 4 is 29.4 Å². The molecule has 3 heterocycles. The predicted octanol–water partition coefficient (Wildman–Crippen LogP) is 3.72. The number of anilines is 1. The molecule has 158 valence electrons. The van der Waals surface area contributed by atoms with E-state index in [0.29, 0.717) is 23.9 Å². The van der Waals surface area contributed by atoms with Crippen molar-refractivity contribution in [1.82, 2.24) is 15.9 Å². The van der Waals surface area contributed by atoms with Crippen LogP contribution in [0.15, 0.2) is 33.9 Å². The monoisotopic (exact) mass is 427 g/mol. The van der Waals surface area contributed by atoms with Gasteiger partial charge >= 0.3 is 0 Å². The third kappa shape index (κ3) is 3.20. The molecule has 1 saturated carbocycles. The molecular weight excluding hydrogens is 402 g/mol. The van der Waals surface area contributed by atoms with Crippen LogP contribution in [0.25, 0.3) is 0 Å². The van der Waals surface area contributed by atoms with Crippen LogP contribution < -0.4 is 15.6 Å². The molecule has 1 unspecified atom stereocenters. The fourth-order valence-electron chi connectivity index (χ4n) is 5.34. The molecule has 0 amide bonds. The van der Waals surface area contributed by atoms with E-state index in [4.69, 9.17) is 16.1 Å². The first kappa shape index (κ1) is 19.6. The number of carbonyl (C=O) groups excluding carboxylic acids is 1. The van der Waals surface area contributed by atoms with E-state index in [1.54, 1.807) is 0 Å². The second kappa shape index (κ2) is 7.71. The van der Waals surface area contributed by atoms with E-state index in [1.165, 1.54) is 0 Å². The van der Waals surface area contributed by atoms with Crippen molar-refractivity contribution in [2.24, 2.45) is 11.0 Å². The van der Waals surface area contributed by atoms with Gasteiger partial charge in [0.2, 0.25) is 0 Å². The number of aldehydes is 1. The van der Waals surface area contributed by atoms with Gasteiger partial charge in [-0.1, -0.05) is 16.8 Å². The second-order valence-corrected chi connectivity index (χ2v) is 8.99. The molecule has 2 N–H and O–H groups in total. The maximum absolute atomic E-state index is 11.8. The maximum Gasteiger partial charge on any atom is 0.145 e. The first-order chi connectivity index (χ1) is 14.6. The van der Waals surface area contributed by atoms with Crippen molar-refractivity contribution in [3.05, 3.63) is 46.3 Å². The highest BCUT2D eigenvalue weighted by atomic mass is 35.5. The molecule has 2 aromatic rings. The smallest absolute Gasteiger partial charge is 0.145 e. The summed E-state index contributed by atoms with van der Waals surface area (Å²) in [6, 6.07) is 8.01. The number of aryl methyl sites for hydroxylation is 1. The minimum atomic E-state index is -0.545. The highest BCUT2D eigenvalue weighted by Crippen LogP contribution is 2.46. The first-order valence-corrected chi connectivity index (χ1v) is 11.0. The number of hydrogen-bond acceptors (Lipinski definition) is 7. The van der Waals surface area contributed by atoms with Crippen LogP contribution in [0.5, 0.6) is 0 Å². The fraction of sp³-hybridized carbons (Fsp3) is 0.500. The Hall–Kier alpha value is -2.38. The number of amidine groups is 1. The highest BCUT2D eigenvalue weighted by Gasteiger charge is 2.51. The fourth-order valence-corrected chi connectivity index (χ4v) is 5.53. The number of nitrogens with zero attached hydrogens (tertiary/aromatic N) is 3. The molecule has 30 heavy (non-hydrogen) atoms.